The highest BCUT2D eigenvalue weighted by Gasteiger charge is 2.54. The summed E-state index contributed by atoms with van der Waals surface area (Å²) in [4.78, 5) is 31.0. The van der Waals surface area contributed by atoms with Crippen LogP contribution in [0, 0.1) is 24.7 Å². The van der Waals surface area contributed by atoms with Crippen LogP contribution < -0.4 is 0 Å². The van der Waals surface area contributed by atoms with E-state index in [2.05, 4.69) is 38.1 Å². The average molecular weight is 341 g/mol. The Morgan fingerprint density at radius 2 is 1.60 bits per heavy atom. The van der Waals surface area contributed by atoms with Crippen LogP contribution in [0.2, 0.25) is 0 Å². The van der Waals surface area contributed by atoms with Crippen LogP contribution in [0.15, 0.2) is 17.3 Å². The number of benzene rings is 1. The zero-order valence-corrected chi connectivity index (χ0v) is 15.5. The van der Waals surface area contributed by atoms with Crippen LogP contribution in [-0.4, -0.2) is 24.9 Å². The van der Waals surface area contributed by atoms with E-state index in [0.29, 0.717) is 12.8 Å². The summed E-state index contributed by atoms with van der Waals surface area (Å²) < 4.78 is 0. The molecule has 0 amide bonds. The fourth-order valence-electron chi connectivity index (χ4n) is 4.74. The van der Waals surface area contributed by atoms with E-state index in [-0.39, 0.29) is 29.3 Å². The molecule has 0 radical (unpaired) electrons. The molecule has 0 aliphatic heterocycles. The monoisotopic (exact) mass is 341 g/mol. The zero-order valence-electron chi connectivity index (χ0n) is 15.5. The number of Topliss-reactive ketones (excluding diaryl/α,β-unsaturated/α-hetero) is 2. The zero-order chi connectivity index (χ0) is 18.1. The van der Waals surface area contributed by atoms with Crippen molar-refractivity contribution < 1.29 is 14.4 Å². The second kappa shape index (κ2) is 7.11. The first-order valence-electron chi connectivity index (χ1n) is 9.28. The van der Waals surface area contributed by atoms with Crippen molar-refractivity contribution in [2.24, 2.45) is 22.9 Å². The van der Waals surface area contributed by atoms with Gasteiger partial charge in [0.2, 0.25) is 0 Å². The predicted molar refractivity (Wildman–Crippen MR) is 97.9 cm³/mol. The van der Waals surface area contributed by atoms with Gasteiger partial charge >= 0.3 is 0 Å². The molecule has 0 aromatic heterocycles. The average Bonchev–Trinajstić information content (AvgIpc) is 3.12. The summed E-state index contributed by atoms with van der Waals surface area (Å²) in [5, 5.41) is 3.83. The Bertz CT molecular complexity index is 673. The predicted octanol–water partition coefficient (Wildman–Crippen LogP) is 3.63. The summed E-state index contributed by atoms with van der Waals surface area (Å²) in [6, 6.07) is 4.27. The highest BCUT2D eigenvalue weighted by atomic mass is 16.6. The number of hydrogen-bond acceptors (Lipinski definition) is 4. The van der Waals surface area contributed by atoms with Crippen molar-refractivity contribution in [3.8, 4) is 0 Å². The van der Waals surface area contributed by atoms with Crippen LogP contribution in [-0.2, 0) is 27.3 Å². The number of fused-ring (bicyclic) bond motifs is 1. The first kappa shape index (κ1) is 17.8. The standard InChI is InChI=1S/C21H27NO3/c1-5-14-7-12(3)8-15(6-2)18(14)19-20(23)16-9-13(11-22-25-4)10-17(16)21(19)24/h7-8,11,13,16-17,19H,5-6,9-10H2,1-4H3. The molecule has 0 saturated heterocycles. The lowest BCUT2D eigenvalue weighted by Crippen LogP contribution is -2.21. The fraction of sp³-hybridized carbons (Fsp3) is 0.571. The third kappa shape index (κ3) is 3.03. The lowest BCUT2D eigenvalue weighted by Gasteiger charge is -2.20. The minimum atomic E-state index is -0.555. The van der Waals surface area contributed by atoms with Gasteiger partial charge in [0, 0.05) is 18.1 Å². The number of rotatable bonds is 5. The quantitative estimate of drug-likeness (QED) is 0.467. The SMILES string of the molecule is CCc1cc(C)cc(CC)c1C1C(=O)C2CC(C=NOC)CC2C1=O. The Morgan fingerprint density at radius 3 is 2.04 bits per heavy atom. The number of carbonyl (C=O) groups is 2. The maximum atomic E-state index is 13.1. The number of oxime groups is 1. The van der Waals surface area contributed by atoms with Crippen LogP contribution in [0.4, 0.5) is 0 Å². The summed E-state index contributed by atoms with van der Waals surface area (Å²) in [5.41, 5.74) is 4.51. The van der Waals surface area contributed by atoms with E-state index >= 15 is 0 Å². The molecule has 4 heteroatoms. The molecule has 2 unspecified atom stereocenters. The normalized spacial score (nSPS) is 28.8. The van der Waals surface area contributed by atoms with E-state index in [9.17, 15) is 9.59 Å². The van der Waals surface area contributed by atoms with Crippen LogP contribution >= 0.6 is 0 Å². The van der Waals surface area contributed by atoms with Crippen molar-refractivity contribution in [3.05, 3.63) is 34.4 Å². The number of carbonyl (C=O) groups excluding carboxylic acids is 2. The second-order valence-electron chi connectivity index (χ2n) is 7.32. The van der Waals surface area contributed by atoms with E-state index in [1.54, 1.807) is 6.21 Å². The summed E-state index contributed by atoms with van der Waals surface area (Å²) in [6.07, 6.45) is 4.87. The Morgan fingerprint density at radius 1 is 1.08 bits per heavy atom. The molecule has 1 aromatic carbocycles. The van der Waals surface area contributed by atoms with Gasteiger partial charge < -0.3 is 4.84 Å². The molecule has 0 heterocycles. The molecule has 2 saturated carbocycles. The van der Waals surface area contributed by atoms with Crippen molar-refractivity contribution in [2.45, 2.75) is 52.4 Å². The largest absolute Gasteiger partial charge is 0.399 e. The number of hydrogen-bond donors (Lipinski definition) is 0. The van der Waals surface area contributed by atoms with Crippen molar-refractivity contribution in [1.82, 2.24) is 0 Å². The molecule has 1 aromatic rings. The van der Waals surface area contributed by atoms with Gasteiger partial charge in [0.1, 0.15) is 13.0 Å². The van der Waals surface area contributed by atoms with Gasteiger partial charge in [0.05, 0.1) is 0 Å². The molecule has 0 bridgehead atoms. The van der Waals surface area contributed by atoms with Gasteiger partial charge in [-0.25, -0.2) is 0 Å². The molecular weight excluding hydrogens is 314 g/mol. The Kier molecular flexibility index (Phi) is 5.07. The molecule has 4 nitrogen and oxygen atoms in total. The van der Waals surface area contributed by atoms with E-state index in [1.165, 1.54) is 12.7 Å². The minimum Gasteiger partial charge on any atom is -0.399 e. The van der Waals surface area contributed by atoms with E-state index in [4.69, 9.17) is 4.84 Å². The number of nitrogens with zero attached hydrogens (tertiary/aromatic N) is 1. The molecule has 0 N–H and O–H groups in total. The molecule has 2 fully saturated rings. The molecule has 2 aliphatic rings. The van der Waals surface area contributed by atoms with E-state index in [1.807, 2.05) is 0 Å². The molecular formula is C21H27NO3. The van der Waals surface area contributed by atoms with Gasteiger partial charge in [-0.2, -0.15) is 0 Å². The number of aryl methyl sites for hydroxylation is 3. The molecule has 0 spiro atoms. The summed E-state index contributed by atoms with van der Waals surface area (Å²) in [6.45, 7) is 6.27. The van der Waals surface area contributed by atoms with Gasteiger partial charge in [0.15, 0.2) is 11.6 Å². The van der Waals surface area contributed by atoms with Crippen LogP contribution in [0.5, 0.6) is 0 Å². The lowest BCUT2D eigenvalue weighted by molar-refractivity contribution is -0.125. The lowest BCUT2D eigenvalue weighted by atomic mass is 9.82. The van der Waals surface area contributed by atoms with Crippen molar-refractivity contribution >= 4 is 17.8 Å². The van der Waals surface area contributed by atoms with Gasteiger partial charge in [-0.15, -0.1) is 0 Å². The number of ketones is 2. The Labute approximate surface area is 149 Å². The molecule has 3 rings (SSSR count). The smallest absolute Gasteiger partial charge is 0.151 e. The third-order valence-electron chi connectivity index (χ3n) is 5.82. The molecule has 25 heavy (non-hydrogen) atoms. The van der Waals surface area contributed by atoms with Crippen molar-refractivity contribution in [1.29, 1.82) is 0 Å². The maximum absolute atomic E-state index is 13.1. The Balaban J connectivity index is 1.96. The van der Waals surface area contributed by atoms with Gasteiger partial charge in [0.25, 0.3) is 0 Å². The van der Waals surface area contributed by atoms with Crippen LogP contribution in [0.1, 0.15) is 54.9 Å². The summed E-state index contributed by atoms with van der Waals surface area (Å²) in [7, 11) is 1.51. The third-order valence-corrected chi connectivity index (χ3v) is 5.82. The fourth-order valence-corrected chi connectivity index (χ4v) is 4.74. The van der Waals surface area contributed by atoms with Crippen molar-refractivity contribution in [3.63, 3.8) is 0 Å². The van der Waals surface area contributed by atoms with E-state index in [0.717, 1.165) is 29.5 Å². The van der Waals surface area contributed by atoms with Gasteiger partial charge in [-0.05, 0) is 55.2 Å². The topological polar surface area (TPSA) is 55.7 Å². The second-order valence-corrected chi connectivity index (χ2v) is 7.32. The van der Waals surface area contributed by atoms with E-state index < -0.39 is 5.92 Å². The Hall–Kier alpha value is -1.97. The molecule has 134 valence electrons. The highest BCUT2D eigenvalue weighted by molar-refractivity contribution is 6.16. The van der Waals surface area contributed by atoms with Gasteiger partial charge in [-0.3, -0.25) is 9.59 Å². The minimum absolute atomic E-state index is 0.122. The summed E-state index contributed by atoms with van der Waals surface area (Å²) in [5.74, 6) is -0.449. The maximum Gasteiger partial charge on any atom is 0.151 e. The van der Waals surface area contributed by atoms with Gasteiger partial charge in [-0.1, -0.05) is 36.7 Å². The highest BCUT2D eigenvalue weighted by Crippen LogP contribution is 2.49. The summed E-state index contributed by atoms with van der Waals surface area (Å²) >= 11 is 0. The van der Waals surface area contributed by atoms with Crippen LogP contribution in [0.25, 0.3) is 0 Å². The first-order valence-corrected chi connectivity index (χ1v) is 9.28. The molecule has 2 aliphatic carbocycles. The first-order chi connectivity index (χ1) is 12.0. The van der Waals surface area contributed by atoms with Crippen molar-refractivity contribution in [2.75, 3.05) is 7.11 Å². The van der Waals surface area contributed by atoms with Crippen LogP contribution in [0.3, 0.4) is 0 Å². The molecule has 2 atom stereocenters.